The Balaban J connectivity index is 1.56. The zero-order valence-electron chi connectivity index (χ0n) is 10.9. The highest BCUT2D eigenvalue weighted by Gasteiger charge is 2.14. The molecule has 0 atom stereocenters. The van der Waals surface area contributed by atoms with E-state index in [0.717, 1.165) is 31.5 Å². The number of imidazole rings is 1. The van der Waals surface area contributed by atoms with Gasteiger partial charge in [-0.25, -0.2) is 9.97 Å². The van der Waals surface area contributed by atoms with E-state index in [2.05, 4.69) is 19.9 Å². The molecule has 2 aromatic heterocycles. The monoisotopic (exact) mass is 295 g/mol. The van der Waals surface area contributed by atoms with Gasteiger partial charge in [-0.05, 0) is 32.1 Å². The van der Waals surface area contributed by atoms with Crippen molar-refractivity contribution in [2.75, 3.05) is 0 Å². The van der Waals surface area contributed by atoms with Crippen molar-refractivity contribution < 1.29 is 0 Å². The van der Waals surface area contributed by atoms with Gasteiger partial charge in [-0.15, -0.1) is 22.9 Å². The fraction of sp³-hybridized carbons (Fsp3) is 0.571. The van der Waals surface area contributed by atoms with Crippen LogP contribution < -0.4 is 0 Å². The van der Waals surface area contributed by atoms with Gasteiger partial charge < -0.3 is 4.57 Å². The summed E-state index contributed by atoms with van der Waals surface area (Å²) in [6.45, 7) is 1.05. The van der Waals surface area contributed by atoms with Gasteiger partial charge in [0.05, 0.1) is 28.6 Å². The minimum atomic E-state index is 0.519. The van der Waals surface area contributed by atoms with Crippen LogP contribution >= 0.6 is 22.9 Å². The fourth-order valence-electron chi connectivity index (χ4n) is 2.65. The van der Waals surface area contributed by atoms with Crippen molar-refractivity contribution in [1.82, 2.24) is 14.5 Å². The lowest BCUT2D eigenvalue weighted by molar-refractivity contribution is 0.581. The van der Waals surface area contributed by atoms with Crippen LogP contribution in [-0.4, -0.2) is 14.5 Å². The molecule has 0 unspecified atom stereocenters. The number of thiazole rings is 1. The highest BCUT2D eigenvalue weighted by molar-refractivity contribution is 7.09. The number of aromatic nitrogens is 3. The van der Waals surface area contributed by atoms with Crippen LogP contribution in [0.3, 0.4) is 0 Å². The summed E-state index contributed by atoms with van der Waals surface area (Å²) in [5, 5.41) is 3.26. The molecule has 0 aliphatic heterocycles. The van der Waals surface area contributed by atoms with E-state index in [1.54, 1.807) is 11.3 Å². The first-order chi connectivity index (χ1) is 9.36. The van der Waals surface area contributed by atoms with Crippen molar-refractivity contribution in [2.45, 2.75) is 50.9 Å². The molecule has 0 radical (unpaired) electrons. The minimum absolute atomic E-state index is 0.519. The van der Waals surface area contributed by atoms with E-state index in [-0.39, 0.29) is 0 Å². The molecule has 0 bridgehead atoms. The largest absolute Gasteiger partial charge is 0.334 e. The van der Waals surface area contributed by atoms with Crippen LogP contribution in [0.2, 0.25) is 0 Å². The summed E-state index contributed by atoms with van der Waals surface area (Å²) < 4.78 is 2.34. The Morgan fingerprint density at radius 1 is 1.32 bits per heavy atom. The van der Waals surface area contributed by atoms with Crippen LogP contribution in [0.5, 0.6) is 0 Å². The van der Waals surface area contributed by atoms with Crippen molar-refractivity contribution >= 4 is 22.9 Å². The quantitative estimate of drug-likeness (QED) is 0.789. The summed E-state index contributed by atoms with van der Waals surface area (Å²) in [5.74, 6) is 0.519. The maximum absolute atomic E-state index is 5.77. The molecular formula is C14H18ClN3S. The second-order valence-electron chi connectivity index (χ2n) is 5.01. The van der Waals surface area contributed by atoms with Crippen molar-refractivity contribution in [3.8, 4) is 0 Å². The van der Waals surface area contributed by atoms with E-state index < -0.39 is 0 Å². The molecule has 2 heterocycles. The fourth-order valence-corrected chi connectivity index (χ4v) is 3.72. The number of alkyl halides is 1. The van der Waals surface area contributed by atoms with Gasteiger partial charge in [0.15, 0.2) is 0 Å². The number of hydrogen-bond acceptors (Lipinski definition) is 3. The van der Waals surface area contributed by atoms with Crippen LogP contribution in [0.4, 0.5) is 0 Å². The number of hydrogen-bond donors (Lipinski definition) is 0. The molecule has 0 spiro atoms. The molecule has 0 saturated carbocycles. The van der Waals surface area contributed by atoms with Gasteiger partial charge in [0.2, 0.25) is 0 Å². The van der Waals surface area contributed by atoms with Gasteiger partial charge >= 0.3 is 0 Å². The molecule has 3 rings (SSSR count). The SMILES string of the molecule is ClCc1csc(CCCn2cnc3c2CCCC3)n1. The maximum Gasteiger partial charge on any atom is 0.0951 e. The molecular weight excluding hydrogens is 278 g/mol. The molecule has 0 amide bonds. The zero-order valence-corrected chi connectivity index (χ0v) is 12.5. The molecule has 3 nitrogen and oxygen atoms in total. The lowest BCUT2D eigenvalue weighted by Gasteiger charge is -2.13. The Bertz CT molecular complexity index is 547. The molecule has 0 N–H and O–H groups in total. The lowest BCUT2D eigenvalue weighted by Crippen LogP contribution is -2.08. The van der Waals surface area contributed by atoms with E-state index in [1.165, 1.54) is 35.7 Å². The van der Waals surface area contributed by atoms with Crippen LogP contribution in [0.25, 0.3) is 0 Å². The van der Waals surface area contributed by atoms with Gasteiger partial charge in [-0.1, -0.05) is 0 Å². The summed E-state index contributed by atoms with van der Waals surface area (Å²) in [4.78, 5) is 9.03. The van der Waals surface area contributed by atoms with Crippen molar-refractivity contribution in [3.05, 3.63) is 33.8 Å². The van der Waals surface area contributed by atoms with Gasteiger partial charge in [-0.3, -0.25) is 0 Å². The second-order valence-corrected chi connectivity index (χ2v) is 6.22. The van der Waals surface area contributed by atoms with Crippen molar-refractivity contribution in [3.63, 3.8) is 0 Å². The third kappa shape index (κ3) is 3.00. The number of nitrogens with zero attached hydrogens (tertiary/aromatic N) is 3. The Labute approximate surface area is 122 Å². The van der Waals surface area contributed by atoms with Crippen LogP contribution in [0.1, 0.15) is 41.4 Å². The van der Waals surface area contributed by atoms with Gasteiger partial charge in [0, 0.05) is 24.0 Å². The standard InChI is InChI=1S/C14H18ClN3S/c15-8-11-9-19-14(17-11)6-3-7-18-10-16-12-4-1-2-5-13(12)18/h9-10H,1-8H2. The second kappa shape index (κ2) is 6.06. The minimum Gasteiger partial charge on any atom is -0.334 e. The van der Waals surface area contributed by atoms with Gasteiger partial charge in [-0.2, -0.15) is 0 Å². The highest BCUT2D eigenvalue weighted by Crippen LogP contribution is 2.20. The summed E-state index contributed by atoms with van der Waals surface area (Å²) in [5.41, 5.74) is 3.79. The molecule has 0 fully saturated rings. The Hall–Kier alpha value is -0.870. The first-order valence-corrected chi connectivity index (χ1v) is 8.30. The van der Waals surface area contributed by atoms with Gasteiger partial charge in [0.25, 0.3) is 0 Å². The normalized spacial score (nSPS) is 14.6. The Kier molecular flexibility index (Phi) is 4.18. The molecule has 0 aromatic carbocycles. The summed E-state index contributed by atoms with van der Waals surface area (Å²) in [7, 11) is 0. The van der Waals surface area contributed by atoms with E-state index >= 15 is 0 Å². The van der Waals surface area contributed by atoms with E-state index in [9.17, 15) is 0 Å². The predicted octanol–water partition coefficient (Wildman–Crippen LogP) is 3.59. The number of rotatable bonds is 5. The third-order valence-electron chi connectivity index (χ3n) is 3.64. The number of fused-ring (bicyclic) bond motifs is 1. The highest BCUT2D eigenvalue weighted by atomic mass is 35.5. The number of halogens is 1. The van der Waals surface area contributed by atoms with Crippen molar-refractivity contribution in [1.29, 1.82) is 0 Å². The molecule has 1 aliphatic rings. The van der Waals surface area contributed by atoms with Crippen molar-refractivity contribution in [2.24, 2.45) is 0 Å². The van der Waals surface area contributed by atoms with E-state index in [4.69, 9.17) is 11.6 Å². The zero-order chi connectivity index (χ0) is 13.1. The predicted molar refractivity (Wildman–Crippen MR) is 78.9 cm³/mol. The Morgan fingerprint density at radius 2 is 2.21 bits per heavy atom. The molecule has 5 heteroatoms. The van der Waals surface area contributed by atoms with E-state index in [1.807, 2.05) is 6.33 Å². The van der Waals surface area contributed by atoms with Crippen LogP contribution in [0, 0.1) is 0 Å². The average Bonchev–Trinajstić information content (AvgIpc) is 3.06. The molecule has 0 saturated heterocycles. The lowest BCUT2D eigenvalue weighted by atomic mass is 10.0. The van der Waals surface area contributed by atoms with Gasteiger partial charge in [0.1, 0.15) is 0 Å². The maximum atomic E-state index is 5.77. The Morgan fingerprint density at radius 3 is 3.05 bits per heavy atom. The van der Waals surface area contributed by atoms with E-state index in [0.29, 0.717) is 5.88 Å². The molecule has 1 aliphatic carbocycles. The summed E-state index contributed by atoms with van der Waals surface area (Å²) >= 11 is 7.49. The number of aryl methyl sites for hydroxylation is 3. The first kappa shape index (κ1) is 13.1. The smallest absolute Gasteiger partial charge is 0.0951 e. The molecule has 102 valence electrons. The summed E-state index contributed by atoms with van der Waals surface area (Å²) in [6.07, 6.45) is 9.14. The first-order valence-electron chi connectivity index (χ1n) is 6.89. The molecule has 19 heavy (non-hydrogen) atoms. The average molecular weight is 296 g/mol. The molecule has 2 aromatic rings. The summed E-state index contributed by atoms with van der Waals surface area (Å²) in [6, 6.07) is 0. The third-order valence-corrected chi connectivity index (χ3v) is 4.87. The topological polar surface area (TPSA) is 30.7 Å². The van der Waals surface area contributed by atoms with Crippen LogP contribution in [0.15, 0.2) is 11.7 Å². The van der Waals surface area contributed by atoms with Crippen LogP contribution in [-0.2, 0) is 31.7 Å².